The molecule has 2 aromatic rings. The first-order chi connectivity index (χ1) is 9.57. The van der Waals surface area contributed by atoms with Crippen LogP contribution in [0.3, 0.4) is 0 Å². The standard InChI is InChI=1S/C12H19N5O2S/c1-3-6-16-7-4-14-11(16)12-15-5-8-17(12)9-10-20(18,19)13-2/h4-5,7-8,13H,3,6,9-10H2,1-2H3. The normalized spacial score (nSPS) is 11.9. The van der Waals surface area contributed by atoms with Gasteiger partial charge in [0.25, 0.3) is 0 Å². The van der Waals surface area contributed by atoms with Crippen LogP contribution in [0, 0.1) is 0 Å². The minimum Gasteiger partial charge on any atom is -0.328 e. The third-order valence-electron chi connectivity index (χ3n) is 3.01. The third-order valence-corrected chi connectivity index (χ3v) is 4.35. The zero-order valence-electron chi connectivity index (χ0n) is 11.7. The maximum Gasteiger partial charge on any atom is 0.213 e. The molecule has 2 rings (SSSR count). The van der Waals surface area contributed by atoms with Crippen LogP contribution in [-0.4, -0.2) is 40.3 Å². The summed E-state index contributed by atoms with van der Waals surface area (Å²) in [7, 11) is -1.81. The predicted molar refractivity (Wildman–Crippen MR) is 76.6 cm³/mol. The van der Waals surface area contributed by atoms with Gasteiger partial charge in [-0.3, -0.25) is 0 Å². The molecule has 0 aliphatic rings. The lowest BCUT2D eigenvalue weighted by Gasteiger charge is -2.09. The van der Waals surface area contributed by atoms with Gasteiger partial charge in [0, 0.05) is 37.9 Å². The molecule has 0 amide bonds. The molecule has 0 aliphatic heterocycles. The molecule has 110 valence electrons. The van der Waals surface area contributed by atoms with Crippen molar-refractivity contribution in [3.63, 3.8) is 0 Å². The fraction of sp³-hybridized carbons (Fsp3) is 0.500. The van der Waals surface area contributed by atoms with Crippen molar-refractivity contribution < 1.29 is 8.42 Å². The van der Waals surface area contributed by atoms with Crippen LogP contribution in [0.2, 0.25) is 0 Å². The Hall–Kier alpha value is -1.67. The van der Waals surface area contributed by atoms with Gasteiger partial charge in [-0.25, -0.2) is 23.1 Å². The van der Waals surface area contributed by atoms with Gasteiger partial charge in [0.15, 0.2) is 11.6 Å². The topological polar surface area (TPSA) is 81.8 Å². The molecular formula is C12H19N5O2S. The van der Waals surface area contributed by atoms with Crippen molar-refractivity contribution >= 4 is 10.0 Å². The Labute approximate surface area is 118 Å². The van der Waals surface area contributed by atoms with Crippen molar-refractivity contribution in [3.8, 4) is 11.6 Å². The minimum atomic E-state index is -3.23. The molecule has 20 heavy (non-hydrogen) atoms. The number of aryl methyl sites for hydroxylation is 2. The second kappa shape index (κ2) is 6.19. The molecule has 0 spiro atoms. The number of nitrogens with zero attached hydrogens (tertiary/aromatic N) is 4. The summed E-state index contributed by atoms with van der Waals surface area (Å²) in [5.41, 5.74) is 0. The summed E-state index contributed by atoms with van der Waals surface area (Å²) in [4.78, 5) is 8.61. The molecule has 8 heteroatoms. The average Bonchev–Trinajstić information content (AvgIpc) is 3.05. The summed E-state index contributed by atoms with van der Waals surface area (Å²) in [6.07, 6.45) is 8.06. The van der Waals surface area contributed by atoms with Gasteiger partial charge in [-0.1, -0.05) is 6.92 Å². The fourth-order valence-electron chi connectivity index (χ4n) is 1.95. The SMILES string of the molecule is CCCn1ccnc1-c1nccn1CCS(=O)(=O)NC. The molecule has 1 N–H and O–H groups in total. The Kier molecular flexibility index (Phi) is 4.56. The maximum absolute atomic E-state index is 11.5. The van der Waals surface area contributed by atoms with E-state index >= 15 is 0 Å². The number of sulfonamides is 1. The predicted octanol–water partition coefficient (Wildman–Crippen LogP) is 0.706. The van der Waals surface area contributed by atoms with Crippen LogP contribution < -0.4 is 4.72 Å². The Bertz CT molecular complexity index is 659. The molecule has 0 atom stereocenters. The molecule has 0 radical (unpaired) electrons. The summed E-state index contributed by atoms with van der Waals surface area (Å²) in [6, 6.07) is 0. The van der Waals surface area contributed by atoms with E-state index in [-0.39, 0.29) is 5.75 Å². The summed E-state index contributed by atoms with van der Waals surface area (Å²) in [5.74, 6) is 1.47. The molecule has 0 bridgehead atoms. The molecule has 7 nitrogen and oxygen atoms in total. The van der Waals surface area contributed by atoms with Gasteiger partial charge >= 0.3 is 0 Å². The van der Waals surface area contributed by atoms with Crippen molar-refractivity contribution in [1.29, 1.82) is 0 Å². The molecule has 2 aromatic heterocycles. The van der Waals surface area contributed by atoms with Crippen LogP contribution in [0.15, 0.2) is 24.8 Å². The smallest absolute Gasteiger partial charge is 0.213 e. The Morgan fingerprint density at radius 2 is 1.65 bits per heavy atom. The number of hydrogen-bond acceptors (Lipinski definition) is 4. The number of rotatable bonds is 7. The fourth-order valence-corrected chi connectivity index (χ4v) is 2.59. The summed E-state index contributed by atoms with van der Waals surface area (Å²) >= 11 is 0. The van der Waals surface area contributed by atoms with Gasteiger partial charge in [0.2, 0.25) is 10.0 Å². The Morgan fingerprint density at radius 3 is 2.15 bits per heavy atom. The lowest BCUT2D eigenvalue weighted by Crippen LogP contribution is -2.24. The molecule has 0 saturated heterocycles. The van der Waals surface area contributed by atoms with Crippen molar-refractivity contribution in [3.05, 3.63) is 24.8 Å². The third kappa shape index (κ3) is 3.26. The van der Waals surface area contributed by atoms with E-state index in [1.54, 1.807) is 18.6 Å². The number of imidazole rings is 2. The van der Waals surface area contributed by atoms with E-state index in [1.165, 1.54) is 7.05 Å². The van der Waals surface area contributed by atoms with Gasteiger partial charge < -0.3 is 9.13 Å². The van der Waals surface area contributed by atoms with E-state index < -0.39 is 10.0 Å². The lowest BCUT2D eigenvalue weighted by molar-refractivity contribution is 0.581. The van der Waals surface area contributed by atoms with E-state index in [1.807, 2.05) is 15.3 Å². The highest BCUT2D eigenvalue weighted by molar-refractivity contribution is 7.89. The second-order valence-electron chi connectivity index (χ2n) is 4.41. The second-order valence-corrected chi connectivity index (χ2v) is 6.46. The van der Waals surface area contributed by atoms with Crippen molar-refractivity contribution in [1.82, 2.24) is 23.8 Å². The molecular weight excluding hydrogens is 278 g/mol. The molecule has 0 aromatic carbocycles. The summed E-state index contributed by atoms with van der Waals surface area (Å²) in [5, 5.41) is 0. The zero-order valence-corrected chi connectivity index (χ0v) is 12.5. The van der Waals surface area contributed by atoms with Crippen molar-refractivity contribution in [2.24, 2.45) is 0 Å². The minimum absolute atomic E-state index is 0.0152. The molecule has 0 aliphatic carbocycles. The highest BCUT2D eigenvalue weighted by Crippen LogP contribution is 2.16. The van der Waals surface area contributed by atoms with Crippen molar-refractivity contribution in [2.45, 2.75) is 26.4 Å². The van der Waals surface area contributed by atoms with Crippen LogP contribution in [0.25, 0.3) is 11.6 Å². The monoisotopic (exact) mass is 297 g/mol. The van der Waals surface area contributed by atoms with Crippen LogP contribution in [-0.2, 0) is 23.1 Å². The maximum atomic E-state index is 11.5. The highest BCUT2D eigenvalue weighted by Gasteiger charge is 2.14. The Morgan fingerprint density at radius 1 is 1.10 bits per heavy atom. The van der Waals surface area contributed by atoms with Gasteiger partial charge in [-0.15, -0.1) is 0 Å². The van der Waals surface area contributed by atoms with Gasteiger partial charge in [-0.2, -0.15) is 0 Å². The van der Waals surface area contributed by atoms with E-state index in [0.717, 1.165) is 18.8 Å². The van der Waals surface area contributed by atoms with Crippen LogP contribution in [0.4, 0.5) is 0 Å². The Balaban J connectivity index is 2.22. The van der Waals surface area contributed by atoms with E-state index in [4.69, 9.17) is 0 Å². The number of nitrogens with one attached hydrogen (secondary N) is 1. The zero-order chi connectivity index (χ0) is 14.6. The van der Waals surface area contributed by atoms with Crippen LogP contribution in [0.5, 0.6) is 0 Å². The van der Waals surface area contributed by atoms with Gasteiger partial charge in [-0.05, 0) is 13.5 Å². The molecule has 0 unspecified atom stereocenters. The molecule has 2 heterocycles. The first-order valence-corrected chi connectivity index (χ1v) is 8.16. The number of hydrogen-bond donors (Lipinski definition) is 1. The first kappa shape index (κ1) is 14.7. The van der Waals surface area contributed by atoms with Crippen LogP contribution in [0.1, 0.15) is 13.3 Å². The quantitative estimate of drug-likeness (QED) is 0.816. The van der Waals surface area contributed by atoms with E-state index in [2.05, 4.69) is 21.6 Å². The van der Waals surface area contributed by atoms with E-state index in [9.17, 15) is 8.42 Å². The number of aromatic nitrogens is 4. The summed E-state index contributed by atoms with van der Waals surface area (Å²) < 4.78 is 29.1. The average molecular weight is 297 g/mol. The highest BCUT2D eigenvalue weighted by atomic mass is 32.2. The molecule has 0 fully saturated rings. The lowest BCUT2D eigenvalue weighted by atomic mass is 10.4. The summed E-state index contributed by atoms with van der Waals surface area (Å²) in [6.45, 7) is 3.30. The molecule has 0 saturated carbocycles. The van der Waals surface area contributed by atoms with Gasteiger partial charge in [0.1, 0.15) is 0 Å². The first-order valence-electron chi connectivity index (χ1n) is 6.51. The van der Waals surface area contributed by atoms with E-state index in [0.29, 0.717) is 12.4 Å². The van der Waals surface area contributed by atoms with Crippen LogP contribution >= 0.6 is 0 Å². The van der Waals surface area contributed by atoms with Gasteiger partial charge in [0.05, 0.1) is 5.75 Å². The largest absolute Gasteiger partial charge is 0.328 e. The van der Waals surface area contributed by atoms with Crippen molar-refractivity contribution in [2.75, 3.05) is 12.8 Å².